The first-order chi connectivity index (χ1) is 5.81. The lowest BCUT2D eigenvalue weighted by Crippen LogP contribution is -2.19. The normalized spacial score (nSPS) is 9.42. The molecular weight excluding hydrogens is 154 g/mol. The Labute approximate surface area is 73.7 Å². The minimum Gasteiger partial charge on any atom is -0.370 e. The Kier molecular flexibility index (Phi) is 7.70. The molecule has 3 heteroatoms. The fourth-order valence-electron chi connectivity index (χ4n) is 0.751. The zero-order chi connectivity index (χ0) is 9.23. The molecule has 0 aliphatic carbocycles. The van der Waals surface area contributed by atoms with Crippen LogP contribution in [-0.4, -0.2) is 12.5 Å². The van der Waals surface area contributed by atoms with Gasteiger partial charge in [0.05, 0.1) is 0 Å². The van der Waals surface area contributed by atoms with Crippen LogP contribution in [0.15, 0.2) is 12.7 Å². The Morgan fingerprint density at radius 1 is 1.58 bits per heavy atom. The van der Waals surface area contributed by atoms with E-state index in [0.717, 1.165) is 19.3 Å². The first kappa shape index (κ1) is 11.2. The quantitative estimate of drug-likeness (QED) is 0.360. The van der Waals surface area contributed by atoms with Crippen LogP contribution >= 0.6 is 0 Å². The molecule has 0 aromatic rings. The summed E-state index contributed by atoms with van der Waals surface area (Å²) in [5.41, 5.74) is 2.49. The van der Waals surface area contributed by atoms with Crippen LogP contribution in [-0.2, 0) is 9.63 Å². The van der Waals surface area contributed by atoms with Crippen LogP contribution in [0.2, 0.25) is 0 Å². The molecule has 3 nitrogen and oxygen atoms in total. The van der Waals surface area contributed by atoms with Crippen LogP contribution in [0.25, 0.3) is 0 Å². The van der Waals surface area contributed by atoms with E-state index in [1.807, 2.05) is 0 Å². The standard InChI is InChI=1S/C9H17NO2/c1-3-5-6-7-9(11)12-10-8-4-2/h4,10H,2-3,5-8H2,1H3. The lowest BCUT2D eigenvalue weighted by atomic mass is 10.2. The van der Waals surface area contributed by atoms with Crippen molar-refractivity contribution in [1.82, 2.24) is 5.48 Å². The average molecular weight is 171 g/mol. The highest BCUT2D eigenvalue weighted by Gasteiger charge is 2.00. The molecule has 0 spiro atoms. The van der Waals surface area contributed by atoms with E-state index >= 15 is 0 Å². The highest BCUT2D eigenvalue weighted by molar-refractivity contribution is 5.68. The number of hydrogen-bond acceptors (Lipinski definition) is 3. The molecule has 0 aromatic heterocycles. The first-order valence-electron chi connectivity index (χ1n) is 4.34. The second-order valence-electron chi connectivity index (χ2n) is 2.57. The molecule has 0 aliphatic rings. The molecule has 0 aliphatic heterocycles. The van der Waals surface area contributed by atoms with E-state index in [1.54, 1.807) is 6.08 Å². The summed E-state index contributed by atoms with van der Waals surface area (Å²) >= 11 is 0. The minimum absolute atomic E-state index is 0.190. The summed E-state index contributed by atoms with van der Waals surface area (Å²) in [6, 6.07) is 0. The highest BCUT2D eigenvalue weighted by Crippen LogP contribution is 1.99. The van der Waals surface area contributed by atoms with E-state index < -0.39 is 0 Å². The number of hydrogen-bond donors (Lipinski definition) is 1. The van der Waals surface area contributed by atoms with Crippen LogP contribution in [0.4, 0.5) is 0 Å². The molecule has 0 heterocycles. The fourth-order valence-corrected chi connectivity index (χ4v) is 0.751. The second-order valence-corrected chi connectivity index (χ2v) is 2.57. The van der Waals surface area contributed by atoms with Crippen molar-refractivity contribution in [1.29, 1.82) is 0 Å². The van der Waals surface area contributed by atoms with Crippen molar-refractivity contribution in [3.63, 3.8) is 0 Å². The molecule has 12 heavy (non-hydrogen) atoms. The zero-order valence-electron chi connectivity index (χ0n) is 7.64. The topological polar surface area (TPSA) is 38.3 Å². The summed E-state index contributed by atoms with van der Waals surface area (Å²) in [4.78, 5) is 15.5. The lowest BCUT2D eigenvalue weighted by molar-refractivity contribution is -0.150. The third-order valence-corrected chi connectivity index (χ3v) is 1.40. The molecular formula is C9H17NO2. The average Bonchev–Trinajstić information content (AvgIpc) is 2.06. The van der Waals surface area contributed by atoms with Crippen molar-refractivity contribution in [2.45, 2.75) is 32.6 Å². The van der Waals surface area contributed by atoms with Gasteiger partial charge in [0.1, 0.15) is 0 Å². The van der Waals surface area contributed by atoms with Gasteiger partial charge in [0.2, 0.25) is 0 Å². The van der Waals surface area contributed by atoms with Gasteiger partial charge < -0.3 is 4.84 Å². The number of rotatable bonds is 7. The maximum absolute atomic E-state index is 10.9. The van der Waals surface area contributed by atoms with Crippen molar-refractivity contribution >= 4 is 5.97 Å². The van der Waals surface area contributed by atoms with E-state index in [0.29, 0.717) is 13.0 Å². The smallest absolute Gasteiger partial charge is 0.324 e. The van der Waals surface area contributed by atoms with Crippen LogP contribution in [0, 0.1) is 0 Å². The van der Waals surface area contributed by atoms with Crippen molar-refractivity contribution in [3.8, 4) is 0 Å². The third-order valence-electron chi connectivity index (χ3n) is 1.40. The first-order valence-corrected chi connectivity index (χ1v) is 4.34. The van der Waals surface area contributed by atoms with Gasteiger partial charge in [0.15, 0.2) is 0 Å². The van der Waals surface area contributed by atoms with Crippen molar-refractivity contribution < 1.29 is 9.63 Å². The Hall–Kier alpha value is -0.830. The van der Waals surface area contributed by atoms with E-state index in [2.05, 4.69) is 23.8 Å². The van der Waals surface area contributed by atoms with Crippen LogP contribution in [0.3, 0.4) is 0 Å². The maximum atomic E-state index is 10.9. The molecule has 0 bridgehead atoms. The van der Waals surface area contributed by atoms with E-state index in [9.17, 15) is 4.79 Å². The molecule has 0 saturated heterocycles. The Balaban J connectivity index is 3.15. The number of carbonyl (C=O) groups excluding carboxylic acids is 1. The molecule has 0 aromatic carbocycles. The highest BCUT2D eigenvalue weighted by atomic mass is 16.7. The predicted molar refractivity (Wildman–Crippen MR) is 48.4 cm³/mol. The largest absolute Gasteiger partial charge is 0.370 e. The van der Waals surface area contributed by atoms with Crippen LogP contribution in [0.5, 0.6) is 0 Å². The van der Waals surface area contributed by atoms with Gasteiger partial charge in [0.25, 0.3) is 0 Å². The number of carbonyl (C=O) groups is 1. The van der Waals surface area contributed by atoms with E-state index in [1.165, 1.54) is 0 Å². The van der Waals surface area contributed by atoms with Gasteiger partial charge in [-0.05, 0) is 6.42 Å². The second kappa shape index (κ2) is 8.27. The summed E-state index contributed by atoms with van der Waals surface area (Å²) < 4.78 is 0. The van der Waals surface area contributed by atoms with Gasteiger partial charge in [-0.2, -0.15) is 0 Å². The maximum Gasteiger partial charge on any atom is 0.324 e. The molecule has 0 unspecified atom stereocenters. The molecule has 0 amide bonds. The molecule has 0 rings (SSSR count). The summed E-state index contributed by atoms with van der Waals surface area (Å²) in [7, 11) is 0. The molecule has 1 N–H and O–H groups in total. The van der Waals surface area contributed by atoms with Gasteiger partial charge in [-0.25, -0.2) is 0 Å². The summed E-state index contributed by atoms with van der Waals surface area (Å²) in [5, 5.41) is 0. The van der Waals surface area contributed by atoms with Crippen molar-refractivity contribution in [2.24, 2.45) is 0 Å². The van der Waals surface area contributed by atoms with E-state index in [4.69, 9.17) is 0 Å². The Morgan fingerprint density at radius 3 is 2.92 bits per heavy atom. The van der Waals surface area contributed by atoms with Gasteiger partial charge in [-0.15, -0.1) is 12.1 Å². The number of nitrogens with one attached hydrogen (secondary N) is 1. The van der Waals surface area contributed by atoms with Crippen LogP contribution in [0.1, 0.15) is 32.6 Å². The fraction of sp³-hybridized carbons (Fsp3) is 0.667. The SMILES string of the molecule is C=CCNOC(=O)CCCCC. The van der Waals surface area contributed by atoms with Gasteiger partial charge in [-0.1, -0.05) is 25.8 Å². The summed E-state index contributed by atoms with van der Waals surface area (Å²) in [6.45, 7) is 6.08. The molecule has 0 atom stereocenters. The third kappa shape index (κ3) is 7.28. The van der Waals surface area contributed by atoms with E-state index in [-0.39, 0.29) is 5.97 Å². The minimum atomic E-state index is -0.190. The zero-order valence-corrected chi connectivity index (χ0v) is 7.64. The Morgan fingerprint density at radius 2 is 2.33 bits per heavy atom. The summed E-state index contributed by atoms with van der Waals surface area (Å²) in [6.07, 6.45) is 5.24. The molecule has 0 radical (unpaired) electrons. The van der Waals surface area contributed by atoms with Gasteiger partial charge in [-0.3, -0.25) is 4.79 Å². The van der Waals surface area contributed by atoms with Crippen molar-refractivity contribution in [3.05, 3.63) is 12.7 Å². The molecule has 0 saturated carbocycles. The lowest BCUT2D eigenvalue weighted by Gasteiger charge is -2.02. The predicted octanol–water partition coefficient (Wildman–Crippen LogP) is 1.80. The summed E-state index contributed by atoms with van der Waals surface area (Å²) in [5.74, 6) is -0.190. The number of unbranched alkanes of at least 4 members (excludes halogenated alkanes) is 2. The van der Waals surface area contributed by atoms with Gasteiger partial charge in [0, 0.05) is 13.0 Å². The molecule has 70 valence electrons. The van der Waals surface area contributed by atoms with Crippen molar-refractivity contribution in [2.75, 3.05) is 6.54 Å². The van der Waals surface area contributed by atoms with Gasteiger partial charge >= 0.3 is 5.97 Å². The Bertz CT molecular complexity index is 134. The van der Waals surface area contributed by atoms with Crippen LogP contribution < -0.4 is 5.48 Å². The monoisotopic (exact) mass is 171 g/mol. The number of hydroxylamine groups is 1. The molecule has 0 fully saturated rings.